The van der Waals surface area contributed by atoms with Gasteiger partial charge in [-0.1, -0.05) is 48.0 Å². The Kier molecular flexibility index (Phi) is 13.8. The van der Waals surface area contributed by atoms with E-state index in [1.807, 2.05) is 13.8 Å². The molecule has 0 saturated carbocycles. The zero-order chi connectivity index (χ0) is 25.0. The summed E-state index contributed by atoms with van der Waals surface area (Å²) in [6.45, 7) is 11.2. The predicted octanol–water partition coefficient (Wildman–Crippen LogP) is 0.340. The van der Waals surface area contributed by atoms with E-state index < -0.39 is 47.9 Å². The van der Waals surface area contributed by atoms with Crippen LogP contribution < -0.4 is 27.4 Å². The van der Waals surface area contributed by atoms with E-state index in [4.69, 9.17) is 11.5 Å². The average Bonchev–Trinajstić information content (AvgIpc) is 2.72. The quantitative estimate of drug-likeness (QED) is 0.192. The molecular weight excluding hydrogens is 414 g/mol. The Morgan fingerprint density at radius 3 is 1.78 bits per heavy atom. The number of unbranched alkanes of at least 4 members (excludes halogenated alkanes) is 1. The highest BCUT2D eigenvalue weighted by Gasteiger charge is 2.32. The number of hydrogen-bond acceptors (Lipinski definition) is 6. The number of carboxylic acid groups (broad SMARTS) is 1. The number of hydrogen-bond donors (Lipinski definition) is 6. The molecule has 0 aromatic carbocycles. The summed E-state index contributed by atoms with van der Waals surface area (Å²) in [6.07, 6.45) is 2.24. The van der Waals surface area contributed by atoms with Crippen LogP contribution in [0.3, 0.4) is 0 Å². The molecule has 0 bridgehead atoms. The third-order valence-corrected chi connectivity index (χ3v) is 5.62. The van der Waals surface area contributed by atoms with Gasteiger partial charge >= 0.3 is 5.97 Å². The van der Waals surface area contributed by atoms with Crippen molar-refractivity contribution in [2.45, 2.75) is 91.4 Å². The normalized spacial score (nSPS) is 16.1. The number of rotatable bonds is 15. The molecule has 5 atom stereocenters. The van der Waals surface area contributed by atoms with Gasteiger partial charge in [-0.15, -0.1) is 0 Å². The van der Waals surface area contributed by atoms with Gasteiger partial charge in [-0.25, -0.2) is 4.79 Å². The van der Waals surface area contributed by atoms with Gasteiger partial charge in [-0.2, -0.15) is 0 Å². The lowest BCUT2D eigenvalue weighted by Crippen LogP contribution is -2.59. The van der Waals surface area contributed by atoms with Gasteiger partial charge in [0.25, 0.3) is 0 Å². The van der Waals surface area contributed by atoms with Gasteiger partial charge in [0.1, 0.15) is 18.1 Å². The largest absolute Gasteiger partial charge is 0.480 e. The molecule has 0 radical (unpaired) electrons. The van der Waals surface area contributed by atoms with Crippen molar-refractivity contribution < 1.29 is 24.3 Å². The molecule has 10 heteroatoms. The summed E-state index contributed by atoms with van der Waals surface area (Å²) in [5, 5.41) is 17.3. The standard InChI is InChI=1S/C22H43N5O5/c1-7-14(6)16(24)20(29)26-17(12(2)3)21(30)25-15(10-8-9-11-23)19(28)27-18(13(4)5)22(31)32/h12-18H,7-11,23-24H2,1-6H3,(H,25,30)(H,26,29)(H,27,28)(H,31,32). The Morgan fingerprint density at radius 2 is 1.34 bits per heavy atom. The van der Waals surface area contributed by atoms with Crippen LogP contribution in [0.15, 0.2) is 0 Å². The second-order valence-corrected chi connectivity index (χ2v) is 9.06. The van der Waals surface area contributed by atoms with E-state index in [1.165, 1.54) is 0 Å². The van der Waals surface area contributed by atoms with E-state index in [-0.39, 0.29) is 17.8 Å². The number of carboxylic acids is 1. The maximum atomic E-state index is 13.0. The van der Waals surface area contributed by atoms with Gasteiger partial charge in [0, 0.05) is 0 Å². The molecule has 0 aliphatic heterocycles. The number of aliphatic carboxylic acids is 1. The molecular formula is C22H43N5O5. The average molecular weight is 458 g/mol. The van der Waals surface area contributed by atoms with Gasteiger partial charge in [0.05, 0.1) is 6.04 Å². The van der Waals surface area contributed by atoms with E-state index in [0.717, 1.165) is 6.42 Å². The molecule has 3 amide bonds. The maximum absolute atomic E-state index is 13.0. The van der Waals surface area contributed by atoms with E-state index >= 15 is 0 Å². The first-order valence-corrected chi connectivity index (χ1v) is 11.5. The van der Waals surface area contributed by atoms with Crippen LogP contribution in [0.5, 0.6) is 0 Å². The maximum Gasteiger partial charge on any atom is 0.326 e. The molecule has 5 unspecified atom stereocenters. The van der Waals surface area contributed by atoms with Crippen LogP contribution in [-0.2, 0) is 19.2 Å². The van der Waals surface area contributed by atoms with Crippen molar-refractivity contribution in [2.24, 2.45) is 29.2 Å². The number of carbonyl (C=O) groups excluding carboxylic acids is 3. The van der Waals surface area contributed by atoms with Crippen LogP contribution in [0.4, 0.5) is 0 Å². The van der Waals surface area contributed by atoms with Gasteiger partial charge in [-0.05, 0) is 43.6 Å². The molecule has 0 aliphatic carbocycles. The molecule has 0 rings (SSSR count). The molecule has 10 nitrogen and oxygen atoms in total. The van der Waals surface area contributed by atoms with Gasteiger partial charge in [0.2, 0.25) is 17.7 Å². The second-order valence-electron chi connectivity index (χ2n) is 9.06. The Hall–Kier alpha value is -2.20. The van der Waals surface area contributed by atoms with E-state index in [2.05, 4.69) is 16.0 Å². The van der Waals surface area contributed by atoms with Crippen molar-refractivity contribution in [3.05, 3.63) is 0 Å². The third-order valence-electron chi connectivity index (χ3n) is 5.62. The van der Waals surface area contributed by atoms with Gasteiger partial charge < -0.3 is 32.5 Å². The fraction of sp³-hybridized carbons (Fsp3) is 0.818. The van der Waals surface area contributed by atoms with Crippen LogP contribution in [0.25, 0.3) is 0 Å². The fourth-order valence-corrected chi connectivity index (χ4v) is 3.09. The van der Waals surface area contributed by atoms with Gasteiger partial charge in [0.15, 0.2) is 0 Å². The Labute approximate surface area is 191 Å². The highest BCUT2D eigenvalue weighted by molar-refractivity contribution is 5.94. The summed E-state index contributed by atoms with van der Waals surface area (Å²) in [6, 6.07) is -3.66. The zero-order valence-electron chi connectivity index (χ0n) is 20.3. The first-order valence-electron chi connectivity index (χ1n) is 11.5. The summed E-state index contributed by atoms with van der Waals surface area (Å²) >= 11 is 0. The first kappa shape index (κ1) is 29.8. The molecule has 186 valence electrons. The summed E-state index contributed by atoms with van der Waals surface area (Å²) < 4.78 is 0. The van der Waals surface area contributed by atoms with E-state index in [0.29, 0.717) is 25.8 Å². The lowest BCUT2D eigenvalue weighted by Gasteiger charge is -2.28. The minimum Gasteiger partial charge on any atom is -0.480 e. The molecule has 0 aromatic rings. The van der Waals surface area contributed by atoms with Crippen LogP contribution in [0.2, 0.25) is 0 Å². The highest BCUT2D eigenvalue weighted by Crippen LogP contribution is 2.10. The molecule has 0 heterocycles. The summed E-state index contributed by atoms with van der Waals surface area (Å²) in [7, 11) is 0. The van der Waals surface area contributed by atoms with Crippen LogP contribution in [0, 0.1) is 17.8 Å². The second kappa shape index (κ2) is 14.8. The highest BCUT2D eigenvalue weighted by atomic mass is 16.4. The minimum atomic E-state index is -1.15. The topological polar surface area (TPSA) is 177 Å². The predicted molar refractivity (Wildman–Crippen MR) is 123 cm³/mol. The smallest absolute Gasteiger partial charge is 0.326 e. The molecule has 8 N–H and O–H groups in total. The summed E-state index contributed by atoms with van der Waals surface area (Å²) in [4.78, 5) is 49.8. The van der Waals surface area contributed by atoms with Crippen molar-refractivity contribution in [3.63, 3.8) is 0 Å². The van der Waals surface area contributed by atoms with Crippen molar-refractivity contribution >= 4 is 23.7 Å². The van der Waals surface area contributed by atoms with Crippen LogP contribution >= 0.6 is 0 Å². The molecule has 0 aliphatic rings. The Bertz CT molecular complexity index is 626. The molecule has 0 saturated heterocycles. The minimum absolute atomic E-state index is 0.0513. The number of carbonyl (C=O) groups is 4. The zero-order valence-corrected chi connectivity index (χ0v) is 20.3. The van der Waals surface area contributed by atoms with Crippen molar-refractivity contribution in [2.75, 3.05) is 6.54 Å². The van der Waals surface area contributed by atoms with Crippen molar-refractivity contribution in [3.8, 4) is 0 Å². The monoisotopic (exact) mass is 457 g/mol. The number of nitrogens with two attached hydrogens (primary N) is 2. The lowest BCUT2D eigenvalue weighted by molar-refractivity contribution is -0.143. The molecule has 32 heavy (non-hydrogen) atoms. The van der Waals surface area contributed by atoms with E-state index in [1.54, 1.807) is 27.7 Å². The van der Waals surface area contributed by atoms with Crippen molar-refractivity contribution in [1.82, 2.24) is 16.0 Å². The SMILES string of the molecule is CCC(C)C(N)C(=O)NC(C(=O)NC(CCCCN)C(=O)NC(C(=O)O)C(C)C)C(C)C. The van der Waals surface area contributed by atoms with Crippen molar-refractivity contribution in [1.29, 1.82) is 0 Å². The van der Waals surface area contributed by atoms with E-state index in [9.17, 15) is 24.3 Å². The van der Waals surface area contributed by atoms with Crippen LogP contribution in [0.1, 0.15) is 67.2 Å². The third kappa shape index (κ3) is 9.95. The number of nitrogens with one attached hydrogen (secondary N) is 3. The first-order chi connectivity index (χ1) is 14.9. The van der Waals surface area contributed by atoms with Gasteiger partial charge in [-0.3, -0.25) is 14.4 Å². The lowest BCUT2D eigenvalue weighted by atomic mass is 9.97. The molecule has 0 aromatic heterocycles. The molecule has 0 fully saturated rings. The number of amides is 3. The fourth-order valence-electron chi connectivity index (χ4n) is 3.09. The van der Waals surface area contributed by atoms with Crippen LogP contribution in [-0.4, -0.2) is 59.5 Å². The molecule has 0 spiro atoms. The Balaban J connectivity index is 5.46. The Morgan fingerprint density at radius 1 is 0.812 bits per heavy atom. The summed E-state index contributed by atoms with van der Waals surface area (Å²) in [5.41, 5.74) is 11.5. The summed E-state index contributed by atoms with van der Waals surface area (Å²) in [5.74, 6) is -3.31.